The maximum absolute atomic E-state index is 3.59. The van der Waals surface area contributed by atoms with Crippen LogP contribution in [0.5, 0.6) is 0 Å². The average Bonchev–Trinajstić information content (AvgIpc) is 2.29. The Morgan fingerprint density at radius 3 is 2.80 bits per heavy atom. The van der Waals surface area contributed by atoms with Crippen molar-refractivity contribution in [3.05, 3.63) is 12.2 Å². The molecule has 0 radical (unpaired) electrons. The van der Waals surface area contributed by atoms with E-state index in [-0.39, 0.29) is 0 Å². The van der Waals surface area contributed by atoms with Crippen LogP contribution in [0.2, 0.25) is 0 Å². The van der Waals surface area contributed by atoms with Crippen LogP contribution < -0.4 is 5.32 Å². The number of allylic oxidation sites excluding steroid dienone is 1. The van der Waals surface area contributed by atoms with Gasteiger partial charge in [-0.1, -0.05) is 31.4 Å². The van der Waals surface area contributed by atoms with Crippen molar-refractivity contribution in [3.63, 3.8) is 0 Å². The average molecular weight is 208 g/mol. The van der Waals surface area contributed by atoms with Crippen molar-refractivity contribution >= 4 is 0 Å². The Balaban J connectivity index is 2.03. The smallest absolute Gasteiger partial charge is 0.0337 e. The van der Waals surface area contributed by atoms with Crippen molar-refractivity contribution in [3.8, 4) is 0 Å². The fourth-order valence-corrected chi connectivity index (χ4v) is 3.10. The van der Waals surface area contributed by atoms with Gasteiger partial charge in [0, 0.05) is 31.7 Å². The predicted molar refractivity (Wildman–Crippen MR) is 65.1 cm³/mol. The molecule has 1 saturated heterocycles. The molecule has 1 saturated carbocycles. The molecule has 0 aromatic rings. The lowest BCUT2D eigenvalue weighted by molar-refractivity contribution is 0.0378. The first-order valence-electron chi connectivity index (χ1n) is 6.44. The SMILES string of the molecule is CC=CCN1CCNCC12CCCCC2. The molecule has 2 rings (SSSR count). The van der Waals surface area contributed by atoms with E-state index in [2.05, 4.69) is 29.3 Å². The molecular formula is C13H24N2. The van der Waals surface area contributed by atoms with Gasteiger partial charge in [-0.3, -0.25) is 4.90 Å². The molecule has 0 amide bonds. The molecule has 1 aliphatic heterocycles. The molecule has 2 fully saturated rings. The largest absolute Gasteiger partial charge is 0.314 e. The van der Waals surface area contributed by atoms with E-state index in [1.165, 1.54) is 51.7 Å². The third-order valence-corrected chi connectivity index (χ3v) is 4.03. The monoisotopic (exact) mass is 208 g/mol. The summed E-state index contributed by atoms with van der Waals surface area (Å²) in [6.45, 7) is 6.88. The zero-order valence-electron chi connectivity index (χ0n) is 9.97. The Morgan fingerprint density at radius 2 is 2.07 bits per heavy atom. The summed E-state index contributed by atoms with van der Waals surface area (Å²) in [6, 6.07) is 0. The Labute approximate surface area is 93.7 Å². The summed E-state index contributed by atoms with van der Waals surface area (Å²) in [7, 11) is 0. The van der Waals surface area contributed by atoms with Crippen molar-refractivity contribution in [2.75, 3.05) is 26.2 Å². The van der Waals surface area contributed by atoms with Crippen LogP contribution in [0.25, 0.3) is 0 Å². The van der Waals surface area contributed by atoms with E-state index in [1.54, 1.807) is 0 Å². The zero-order valence-corrected chi connectivity index (χ0v) is 9.97. The summed E-state index contributed by atoms with van der Waals surface area (Å²) in [5.74, 6) is 0. The molecule has 1 spiro atoms. The highest BCUT2D eigenvalue weighted by atomic mass is 15.3. The summed E-state index contributed by atoms with van der Waals surface area (Å²) in [5, 5.41) is 3.59. The van der Waals surface area contributed by atoms with E-state index in [9.17, 15) is 0 Å². The normalized spacial score (nSPS) is 27.5. The van der Waals surface area contributed by atoms with Gasteiger partial charge in [-0.25, -0.2) is 0 Å². The zero-order chi connectivity index (χ0) is 10.6. The van der Waals surface area contributed by atoms with Gasteiger partial charge in [-0.15, -0.1) is 0 Å². The van der Waals surface area contributed by atoms with E-state index < -0.39 is 0 Å². The van der Waals surface area contributed by atoms with Crippen LogP contribution in [0, 0.1) is 0 Å². The second kappa shape index (κ2) is 5.13. The summed E-state index contributed by atoms with van der Waals surface area (Å²) in [5.41, 5.74) is 0.496. The molecule has 1 heterocycles. The molecular weight excluding hydrogens is 184 g/mol. The number of nitrogens with zero attached hydrogens (tertiary/aromatic N) is 1. The van der Waals surface area contributed by atoms with E-state index in [0.29, 0.717) is 5.54 Å². The molecule has 2 heteroatoms. The van der Waals surface area contributed by atoms with Gasteiger partial charge in [0.2, 0.25) is 0 Å². The van der Waals surface area contributed by atoms with Crippen LogP contribution in [0.1, 0.15) is 39.0 Å². The molecule has 1 N–H and O–H groups in total. The summed E-state index contributed by atoms with van der Waals surface area (Å²) in [6.07, 6.45) is 11.6. The van der Waals surface area contributed by atoms with Gasteiger partial charge in [0.05, 0.1) is 0 Å². The van der Waals surface area contributed by atoms with Crippen molar-refractivity contribution in [1.82, 2.24) is 10.2 Å². The molecule has 2 aliphatic rings. The fourth-order valence-electron chi connectivity index (χ4n) is 3.10. The summed E-state index contributed by atoms with van der Waals surface area (Å²) >= 11 is 0. The molecule has 0 unspecified atom stereocenters. The number of nitrogens with one attached hydrogen (secondary N) is 1. The maximum atomic E-state index is 3.59. The number of rotatable bonds is 2. The minimum absolute atomic E-state index is 0.496. The summed E-state index contributed by atoms with van der Waals surface area (Å²) < 4.78 is 0. The molecule has 0 aromatic carbocycles. The van der Waals surface area contributed by atoms with Gasteiger partial charge in [0.15, 0.2) is 0 Å². The van der Waals surface area contributed by atoms with Crippen LogP contribution in [0.15, 0.2) is 12.2 Å². The van der Waals surface area contributed by atoms with Crippen LogP contribution in [0.3, 0.4) is 0 Å². The lowest BCUT2D eigenvalue weighted by atomic mass is 9.79. The topological polar surface area (TPSA) is 15.3 Å². The van der Waals surface area contributed by atoms with Crippen molar-refractivity contribution in [1.29, 1.82) is 0 Å². The molecule has 0 atom stereocenters. The van der Waals surface area contributed by atoms with Crippen molar-refractivity contribution in [2.24, 2.45) is 0 Å². The molecule has 2 nitrogen and oxygen atoms in total. The Bertz CT molecular complexity index is 208. The van der Waals surface area contributed by atoms with Crippen LogP contribution in [-0.2, 0) is 0 Å². The van der Waals surface area contributed by atoms with E-state index in [4.69, 9.17) is 0 Å². The molecule has 15 heavy (non-hydrogen) atoms. The highest BCUT2D eigenvalue weighted by Crippen LogP contribution is 2.34. The second-order valence-electron chi connectivity index (χ2n) is 4.98. The first kappa shape index (κ1) is 11.2. The van der Waals surface area contributed by atoms with Gasteiger partial charge < -0.3 is 5.32 Å². The minimum Gasteiger partial charge on any atom is -0.314 e. The molecule has 1 aliphatic carbocycles. The van der Waals surface area contributed by atoms with E-state index in [0.717, 1.165) is 6.54 Å². The fraction of sp³-hybridized carbons (Fsp3) is 0.846. The highest BCUT2D eigenvalue weighted by molar-refractivity contribution is 5.00. The number of hydrogen-bond acceptors (Lipinski definition) is 2. The molecule has 86 valence electrons. The quantitative estimate of drug-likeness (QED) is 0.700. The maximum Gasteiger partial charge on any atom is 0.0337 e. The van der Waals surface area contributed by atoms with Gasteiger partial charge in [-0.05, 0) is 19.8 Å². The number of hydrogen-bond donors (Lipinski definition) is 1. The van der Waals surface area contributed by atoms with Crippen LogP contribution in [0.4, 0.5) is 0 Å². The Morgan fingerprint density at radius 1 is 1.27 bits per heavy atom. The molecule has 0 bridgehead atoms. The van der Waals surface area contributed by atoms with Gasteiger partial charge in [-0.2, -0.15) is 0 Å². The van der Waals surface area contributed by atoms with Crippen LogP contribution >= 0.6 is 0 Å². The molecule has 0 aromatic heterocycles. The number of piperazine rings is 1. The second-order valence-corrected chi connectivity index (χ2v) is 4.98. The van der Waals surface area contributed by atoms with Gasteiger partial charge in [0.25, 0.3) is 0 Å². The standard InChI is InChI=1S/C13H24N2/c1-2-3-10-15-11-9-14-12-13(15)7-5-4-6-8-13/h2-3,14H,4-12H2,1H3. The first-order chi connectivity index (χ1) is 7.37. The highest BCUT2D eigenvalue weighted by Gasteiger charge is 2.38. The van der Waals surface area contributed by atoms with E-state index >= 15 is 0 Å². The summed E-state index contributed by atoms with van der Waals surface area (Å²) in [4.78, 5) is 2.71. The van der Waals surface area contributed by atoms with Crippen LogP contribution in [-0.4, -0.2) is 36.6 Å². The van der Waals surface area contributed by atoms with E-state index in [1.807, 2.05) is 0 Å². The van der Waals surface area contributed by atoms with Gasteiger partial charge >= 0.3 is 0 Å². The minimum atomic E-state index is 0.496. The Hall–Kier alpha value is -0.340. The van der Waals surface area contributed by atoms with Gasteiger partial charge in [0.1, 0.15) is 0 Å². The Kier molecular flexibility index (Phi) is 3.81. The third-order valence-electron chi connectivity index (χ3n) is 4.03. The first-order valence-corrected chi connectivity index (χ1v) is 6.44. The van der Waals surface area contributed by atoms with Crippen molar-refractivity contribution in [2.45, 2.75) is 44.6 Å². The third kappa shape index (κ3) is 2.43. The predicted octanol–water partition coefficient (Wildman–Crippen LogP) is 2.17. The lowest BCUT2D eigenvalue weighted by Gasteiger charge is -2.49. The lowest BCUT2D eigenvalue weighted by Crippen LogP contribution is -2.61. The van der Waals surface area contributed by atoms with Crippen molar-refractivity contribution < 1.29 is 0 Å².